The zero-order valence-electron chi connectivity index (χ0n) is 66.1. The van der Waals surface area contributed by atoms with Gasteiger partial charge in [-0.2, -0.15) is 0 Å². The Kier molecular flexibility index (Phi) is 28.7. The van der Waals surface area contributed by atoms with Crippen molar-refractivity contribution in [3.8, 4) is 0 Å². The van der Waals surface area contributed by atoms with Gasteiger partial charge in [0.2, 0.25) is 6.29 Å². The van der Waals surface area contributed by atoms with Crippen LogP contribution in [0.25, 0.3) is 0 Å². The molecule has 33 nitrogen and oxygen atoms in total. The van der Waals surface area contributed by atoms with E-state index >= 15 is 4.79 Å². The monoisotopic (exact) mass is 1590 g/mol. The van der Waals surface area contributed by atoms with Gasteiger partial charge in [0.15, 0.2) is 43.5 Å². The third-order valence-corrected chi connectivity index (χ3v) is 28.2. The zero-order valence-corrected chi connectivity index (χ0v) is 66.1. The number of rotatable bonds is 29. The van der Waals surface area contributed by atoms with Crippen LogP contribution < -0.4 is 0 Å². The normalized spacial score (nSPS) is 46.6. The average Bonchev–Trinajstić information content (AvgIpc) is 0.860. The number of carbonyl (C=O) groups is 5. The summed E-state index contributed by atoms with van der Waals surface area (Å²) in [5.41, 5.74) is -3.10. The Morgan fingerprint density at radius 1 is 0.568 bits per heavy atom. The number of aliphatic hydroxyl groups is 14. The maximum atomic E-state index is 15.7. The molecule has 4 saturated carbocycles. The van der Waals surface area contributed by atoms with Gasteiger partial charge in [0.25, 0.3) is 0 Å². The highest BCUT2D eigenvalue weighted by Gasteiger charge is 2.71. The number of esters is 3. The minimum atomic E-state index is -2.20. The summed E-state index contributed by atoms with van der Waals surface area (Å²) in [4.78, 5) is 70.5. The molecule has 15 N–H and O–H groups in total. The van der Waals surface area contributed by atoms with E-state index in [0.29, 0.717) is 70.6 Å². The Hall–Kier alpha value is -3.67. The quantitative estimate of drug-likeness (QED) is 0.0160. The summed E-state index contributed by atoms with van der Waals surface area (Å²) in [6.45, 7) is 21.8. The van der Waals surface area contributed by atoms with E-state index in [4.69, 9.17) is 61.6 Å². The van der Waals surface area contributed by atoms with Crippen molar-refractivity contribution in [3.63, 3.8) is 0 Å². The van der Waals surface area contributed by atoms with Crippen molar-refractivity contribution in [3.05, 3.63) is 11.6 Å². The molecule has 9 fully saturated rings. The van der Waals surface area contributed by atoms with Gasteiger partial charge in [-0.05, 0) is 129 Å². The molecule has 5 aliphatic heterocycles. The number of aliphatic carboxylic acids is 1. The van der Waals surface area contributed by atoms with Crippen molar-refractivity contribution >= 4 is 30.2 Å². The number of hydrogen-bond donors (Lipinski definition) is 15. The highest BCUT2D eigenvalue weighted by atomic mass is 16.8. The number of ether oxygens (including phenoxy) is 13. The lowest BCUT2D eigenvalue weighted by Gasteiger charge is -2.71. The Morgan fingerprint density at radius 3 is 1.73 bits per heavy atom. The molecule has 0 aromatic heterocycles. The third-order valence-electron chi connectivity index (χ3n) is 28.2. The molecule has 5 heterocycles. The maximum absolute atomic E-state index is 15.7. The number of carboxylic acid groups (broad SMARTS) is 1. The summed E-state index contributed by atoms with van der Waals surface area (Å²) in [7, 11) is 1.30. The molecule has 0 aromatic carbocycles. The maximum Gasteiger partial charge on any atom is 0.335 e. The summed E-state index contributed by atoms with van der Waals surface area (Å²) in [5.74, 6) is -5.32. The molecule has 0 bridgehead atoms. The van der Waals surface area contributed by atoms with E-state index in [-0.39, 0.29) is 48.3 Å². The van der Waals surface area contributed by atoms with Crippen molar-refractivity contribution in [2.24, 2.45) is 62.1 Å². The topological polar surface area (TPSA) is 509 Å². The van der Waals surface area contributed by atoms with E-state index in [1.165, 1.54) is 21.0 Å². The SMILES string of the molecule is CC[C@H](C)[C@H](C[C@H](O)CC(=O)O[C@H]1[C@@H](O)[C@@H](C)O[C@@H](OC(=O)[C@]23CCC(C)(C)C[C@H]2C2=CC[C@@H]4[C@@]5(C)CC[C@H](O[C@@H]6O[C@H](C(=O)O)[C@@H](O)[C@H](O[C@@H]7O[C@@H](C)[C@H](O)[C@@H](O)[C@H]7O)[C@H]6O[C@@H]6O[C@H](CO)[C@H](O)[C@H](O)[C@H]6O)[C@@](C)(C=O)[C@@H]5CC[C@@]4(C)[C@]2(C)CC3)[C@@H]1OC)OC(=O)C[C@@H](O)C[C@H](O[C@@H]1O[C@@H](CO)[C@H](O)[C@H]1O)[C@@H](C)CC. The van der Waals surface area contributed by atoms with Crippen molar-refractivity contribution in [2.45, 2.75) is 364 Å². The van der Waals surface area contributed by atoms with Crippen LogP contribution in [-0.4, -0.2) is 305 Å². The highest BCUT2D eigenvalue weighted by Crippen LogP contribution is 2.76. The van der Waals surface area contributed by atoms with Gasteiger partial charge in [-0.1, -0.05) is 93.7 Å². The number of methoxy groups -OCH3 is 1. The first-order chi connectivity index (χ1) is 52.1. The molecular formula is C78H126O33. The Morgan fingerprint density at radius 2 is 1.12 bits per heavy atom. The van der Waals surface area contributed by atoms with Gasteiger partial charge in [-0.15, -0.1) is 0 Å². The molecule has 33 heteroatoms. The smallest absolute Gasteiger partial charge is 0.335 e. The first-order valence-electron chi connectivity index (χ1n) is 39.9. The van der Waals surface area contributed by atoms with Crippen LogP contribution in [0.1, 0.15) is 186 Å². The molecule has 10 aliphatic rings. The Bertz CT molecular complexity index is 3200. The van der Waals surface area contributed by atoms with Gasteiger partial charge in [0.1, 0.15) is 97.8 Å². The fourth-order valence-corrected chi connectivity index (χ4v) is 20.6. The molecule has 0 unspecified atom stereocenters. The van der Waals surface area contributed by atoms with Crippen molar-refractivity contribution in [2.75, 3.05) is 20.3 Å². The molecule has 111 heavy (non-hydrogen) atoms. The van der Waals surface area contributed by atoms with Gasteiger partial charge in [-0.3, -0.25) is 14.4 Å². The second-order valence-corrected chi connectivity index (χ2v) is 35.5. The third kappa shape index (κ3) is 17.3. The minimum Gasteiger partial charge on any atom is -0.479 e. The molecule has 5 saturated heterocycles. The standard InChI is InChI=1S/C78H126O33/c1-14-34(3)42(102-49(84)28-39(83)27-43(35(4)15-2)103-68-57(92)54(89)45(32-80)104-68)26-38(82)29-50(85)107-61-52(87)37(6)101-70(64(61)99-13)111-72(98)78-24-22-73(7,8)30-41(78)40-16-17-47-74(9)20-19-48(75(10,33-81)46(74)18-21-77(47,12)76(40,11)23-25-78)106-71-65(110-69-59(94)56(91)53(88)44(31-79)105-69)62(60(95)63(109-71)66(96)97)108-67-58(93)55(90)51(86)36(5)100-67/h16,33-39,41-48,51-65,67-71,79-80,82-83,86-95H,14-15,17-32H2,1-13H3,(H,96,97)/t34-,35-,36-,37+,38-,39-,41-,42-,43-,44+,45-,46+,47+,48-,51-,52-,53-,54-,55+,56-,57+,58+,59+,60-,61-,62-,63-,64+,65+,67-,68+,69-,70-,71+,74-,75-,76+,77+,78-/m0/s1. The van der Waals surface area contributed by atoms with Crippen LogP contribution in [-0.2, 0) is 85.6 Å². The number of allylic oxidation sites excluding steroid dienone is 2. The van der Waals surface area contributed by atoms with E-state index in [1.54, 1.807) is 13.8 Å². The van der Waals surface area contributed by atoms with Crippen molar-refractivity contribution < 1.29 is 162 Å². The van der Waals surface area contributed by atoms with Crippen LogP contribution in [0.3, 0.4) is 0 Å². The van der Waals surface area contributed by atoms with Gasteiger partial charge < -0.3 is 143 Å². The summed E-state index contributed by atoms with van der Waals surface area (Å²) in [6.07, 6.45) is -37.8. The van der Waals surface area contributed by atoms with Crippen LogP contribution in [0, 0.1) is 62.1 Å². The van der Waals surface area contributed by atoms with E-state index in [2.05, 4.69) is 40.7 Å². The first-order valence-corrected chi connectivity index (χ1v) is 39.9. The van der Waals surface area contributed by atoms with E-state index in [9.17, 15) is 95.8 Å². The molecule has 5 aliphatic carbocycles. The second-order valence-electron chi connectivity index (χ2n) is 35.5. The van der Waals surface area contributed by atoms with E-state index in [0.717, 1.165) is 11.9 Å². The van der Waals surface area contributed by atoms with Crippen LogP contribution in [0.4, 0.5) is 0 Å². The molecule has 39 atom stereocenters. The zero-order chi connectivity index (χ0) is 81.9. The molecule has 10 rings (SSSR count). The number of carboxylic acids is 1. The highest BCUT2D eigenvalue weighted by molar-refractivity contribution is 5.79. The number of carbonyl (C=O) groups excluding carboxylic acids is 4. The lowest BCUT2D eigenvalue weighted by molar-refractivity contribution is -0.394. The average molecular weight is 1590 g/mol. The fourth-order valence-electron chi connectivity index (χ4n) is 20.6. The largest absolute Gasteiger partial charge is 0.479 e. The van der Waals surface area contributed by atoms with Crippen LogP contribution in [0.2, 0.25) is 0 Å². The molecule has 0 amide bonds. The minimum absolute atomic E-state index is 0.0718. The predicted octanol–water partition coefficient (Wildman–Crippen LogP) is 0.607. The molecule has 0 aromatic rings. The lowest BCUT2D eigenvalue weighted by atomic mass is 9.33. The number of aliphatic hydroxyl groups excluding tert-OH is 14. The molecule has 636 valence electrons. The number of hydrogen-bond acceptors (Lipinski definition) is 32. The lowest BCUT2D eigenvalue weighted by Crippen LogP contribution is -2.69. The van der Waals surface area contributed by atoms with Crippen LogP contribution in [0.5, 0.6) is 0 Å². The van der Waals surface area contributed by atoms with E-state index in [1.807, 2.05) is 20.8 Å². The Labute approximate surface area is 647 Å². The first kappa shape index (κ1) is 89.7. The van der Waals surface area contributed by atoms with Gasteiger partial charge in [0, 0.05) is 20.0 Å². The van der Waals surface area contributed by atoms with E-state index < -0.39 is 261 Å². The second kappa shape index (κ2) is 35.5. The number of fused-ring (bicyclic) bond motifs is 7. The summed E-state index contributed by atoms with van der Waals surface area (Å²) < 4.78 is 78.7. The molecule has 0 spiro atoms. The van der Waals surface area contributed by atoms with Crippen molar-refractivity contribution in [1.82, 2.24) is 0 Å². The fraction of sp³-hybridized carbons (Fsp3) is 0.910. The predicted molar refractivity (Wildman–Crippen MR) is 381 cm³/mol. The van der Waals surface area contributed by atoms with Crippen LogP contribution >= 0.6 is 0 Å². The molecular weight excluding hydrogens is 1460 g/mol. The van der Waals surface area contributed by atoms with Gasteiger partial charge in [-0.25, -0.2) is 4.79 Å². The van der Waals surface area contributed by atoms with Crippen molar-refractivity contribution in [1.29, 1.82) is 0 Å². The number of aldehydes is 1. The van der Waals surface area contributed by atoms with Gasteiger partial charge >= 0.3 is 23.9 Å². The summed E-state index contributed by atoms with van der Waals surface area (Å²) >= 11 is 0. The van der Waals surface area contributed by atoms with Gasteiger partial charge in [0.05, 0.1) is 73.5 Å². The summed E-state index contributed by atoms with van der Waals surface area (Å²) in [5, 5.41) is 163. The van der Waals surface area contributed by atoms with Crippen LogP contribution in [0.15, 0.2) is 11.6 Å². The Balaban J connectivity index is 0.831. The molecule has 0 radical (unpaired) electrons. The summed E-state index contributed by atoms with van der Waals surface area (Å²) in [6, 6.07) is 0.